The first-order valence-corrected chi connectivity index (χ1v) is 11.6. The molecule has 0 aromatic carbocycles. The van der Waals surface area contributed by atoms with Crippen molar-refractivity contribution < 1.29 is 33.3 Å². The lowest BCUT2D eigenvalue weighted by Crippen LogP contribution is -2.46. The van der Waals surface area contributed by atoms with Gasteiger partial charge in [0.1, 0.15) is 11.2 Å². The third-order valence-electron chi connectivity index (χ3n) is 5.35. The Morgan fingerprint density at radius 1 is 0.656 bits per heavy atom. The van der Waals surface area contributed by atoms with Crippen molar-refractivity contribution in [3.05, 3.63) is 0 Å². The van der Waals surface area contributed by atoms with Crippen LogP contribution in [0.15, 0.2) is 0 Å². The van der Waals surface area contributed by atoms with Gasteiger partial charge in [-0.1, -0.05) is 0 Å². The SMILES string of the molecule is CC(C)(C)OC(=O)C(OC(=O)OC(C(=O)OC(C)(C)C)C1CCNCC1)C1CCNCC1. The average molecular weight is 457 g/mol. The largest absolute Gasteiger partial charge is 0.510 e. The summed E-state index contributed by atoms with van der Waals surface area (Å²) >= 11 is 0. The van der Waals surface area contributed by atoms with Crippen LogP contribution in [0.3, 0.4) is 0 Å². The highest BCUT2D eigenvalue weighted by Crippen LogP contribution is 2.26. The van der Waals surface area contributed by atoms with Gasteiger partial charge >= 0.3 is 18.1 Å². The Morgan fingerprint density at radius 2 is 0.969 bits per heavy atom. The van der Waals surface area contributed by atoms with Gasteiger partial charge in [-0.2, -0.15) is 0 Å². The Balaban J connectivity index is 2.13. The molecule has 0 aromatic rings. The van der Waals surface area contributed by atoms with E-state index in [9.17, 15) is 14.4 Å². The van der Waals surface area contributed by atoms with Gasteiger partial charge < -0.3 is 29.6 Å². The zero-order valence-electron chi connectivity index (χ0n) is 20.3. The van der Waals surface area contributed by atoms with Gasteiger partial charge in [-0.15, -0.1) is 0 Å². The van der Waals surface area contributed by atoms with Crippen LogP contribution in [0.2, 0.25) is 0 Å². The monoisotopic (exact) mass is 456 g/mol. The van der Waals surface area contributed by atoms with E-state index in [1.165, 1.54) is 0 Å². The molecule has 2 aliphatic heterocycles. The third kappa shape index (κ3) is 8.94. The molecule has 2 aliphatic rings. The lowest BCUT2D eigenvalue weighted by molar-refractivity contribution is -0.176. The fraction of sp³-hybridized carbons (Fsp3) is 0.870. The van der Waals surface area contributed by atoms with Crippen LogP contribution in [0.25, 0.3) is 0 Å². The van der Waals surface area contributed by atoms with Gasteiger partial charge in [0.25, 0.3) is 0 Å². The third-order valence-corrected chi connectivity index (χ3v) is 5.35. The molecule has 2 fully saturated rings. The quantitative estimate of drug-likeness (QED) is 0.460. The number of piperidine rings is 2. The van der Waals surface area contributed by atoms with Gasteiger partial charge in [0.15, 0.2) is 0 Å². The van der Waals surface area contributed by atoms with E-state index in [0.29, 0.717) is 25.7 Å². The standard InChI is InChI=1S/C23H40N2O7/c1-22(2,3)31-19(26)17(15-7-11-24-12-8-15)29-21(28)30-18(16-9-13-25-14-10-16)20(27)32-23(4,5)6/h15-18,24-25H,7-14H2,1-6H3. The topological polar surface area (TPSA) is 112 Å². The van der Waals surface area contributed by atoms with E-state index in [2.05, 4.69) is 10.6 Å². The minimum Gasteiger partial charge on any atom is -0.457 e. The van der Waals surface area contributed by atoms with Crippen LogP contribution < -0.4 is 10.6 Å². The molecule has 9 nitrogen and oxygen atoms in total. The summed E-state index contributed by atoms with van der Waals surface area (Å²) in [6.45, 7) is 13.5. The highest BCUT2D eigenvalue weighted by atomic mass is 16.7. The second kappa shape index (κ2) is 11.3. The fourth-order valence-electron chi connectivity index (χ4n) is 3.92. The van der Waals surface area contributed by atoms with Crippen molar-refractivity contribution in [3.63, 3.8) is 0 Å². The summed E-state index contributed by atoms with van der Waals surface area (Å²) in [7, 11) is 0. The second-order valence-corrected chi connectivity index (χ2v) is 10.6. The summed E-state index contributed by atoms with van der Waals surface area (Å²) in [6.07, 6.45) is -0.551. The zero-order valence-corrected chi connectivity index (χ0v) is 20.3. The van der Waals surface area contributed by atoms with E-state index < -0.39 is 41.5 Å². The van der Waals surface area contributed by atoms with E-state index in [1.807, 2.05) is 0 Å². The van der Waals surface area contributed by atoms with Crippen LogP contribution in [-0.2, 0) is 28.5 Å². The van der Waals surface area contributed by atoms with E-state index in [0.717, 1.165) is 26.2 Å². The molecule has 2 rings (SSSR count). The molecule has 0 radical (unpaired) electrons. The Labute approximate surface area is 191 Å². The number of carbonyl (C=O) groups excluding carboxylic acids is 3. The van der Waals surface area contributed by atoms with Gasteiger partial charge in [0.05, 0.1) is 0 Å². The zero-order chi connectivity index (χ0) is 23.9. The highest BCUT2D eigenvalue weighted by Gasteiger charge is 2.40. The maximum atomic E-state index is 12.8. The lowest BCUT2D eigenvalue weighted by Gasteiger charge is -2.33. The van der Waals surface area contributed by atoms with Crippen LogP contribution >= 0.6 is 0 Å². The van der Waals surface area contributed by atoms with Crippen molar-refractivity contribution in [1.29, 1.82) is 0 Å². The minimum absolute atomic E-state index is 0.183. The normalized spacial score (nSPS) is 20.7. The summed E-state index contributed by atoms with van der Waals surface area (Å²) in [5.41, 5.74) is -1.44. The Morgan fingerprint density at radius 3 is 1.25 bits per heavy atom. The predicted molar refractivity (Wildman–Crippen MR) is 118 cm³/mol. The lowest BCUT2D eigenvalue weighted by atomic mass is 9.91. The molecule has 2 N–H and O–H groups in total. The van der Waals surface area contributed by atoms with E-state index >= 15 is 0 Å². The number of carbonyl (C=O) groups is 3. The van der Waals surface area contributed by atoms with Gasteiger partial charge in [0, 0.05) is 11.8 Å². The van der Waals surface area contributed by atoms with Crippen molar-refractivity contribution >= 4 is 18.1 Å². The Kier molecular flexibility index (Phi) is 9.33. The van der Waals surface area contributed by atoms with Crippen molar-refractivity contribution in [2.45, 2.75) is 90.6 Å². The number of ether oxygens (including phenoxy) is 4. The first kappa shape index (κ1) is 26.4. The maximum Gasteiger partial charge on any atom is 0.510 e. The molecule has 0 amide bonds. The molecule has 2 unspecified atom stereocenters. The van der Waals surface area contributed by atoms with Crippen LogP contribution in [0.5, 0.6) is 0 Å². The van der Waals surface area contributed by atoms with Crippen molar-refractivity contribution in [2.24, 2.45) is 11.8 Å². The molecule has 2 atom stereocenters. The van der Waals surface area contributed by atoms with Crippen molar-refractivity contribution in [3.8, 4) is 0 Å². The first-order valence-electron chi connectivity index (χ1n) is 11.6. The number of rotatable bonds is 6. The van der Waals surface area contributed by atoms with Crippen LogP contribution in [-0.4, -0.2) is 67.7 Å². The smallest absolute Gasteiger partial charge is 0.457 e. The Hall–Kier alpha value is -1.87. The molecular formula is C23H40N2O7. The van der Waals surface area contributed by atoms with Gasteiger partial charge in [0.2, 0.25) is 12.2 Å². The molecular weight excluding hydrogens is 416 g/mol. The number of esters is 2. The molecule has 0 spiro atoms. The van der Waals surface area contributed by atoms with Crippen LogP contribution in [0.1, 0.15) is 67.2 Å². The molecule has 2 heterocycles. The van der Waals surface area contributed by atoms with E-state index in [1.54, 1.807) is 41.5 Å². The Bertz CT molecular complexity index is 588. The average Bonchev–Trinajstić information content (AvgIpc) is 2.69. The fourth-order valence-corrected chi connectivity index (χ4v) is 3.92. The van der Waals surface area contributed by atoms with Crippen LogP contribution in [0.4, 0.5) is 4.79 Å². The minimum atomic E-state index is -1.09. The van der Waals surface area contributed by atoms with Gasteiger partial charge in [-0.25, -0.2) is 14.4 Å². The summed E-state index contributed by atoms with van der Waals surface area (Å²) < 4.78 is 22.0. The predicted octanol–water partition coefficient (Wildman–Crippen LogP) is 2.56. The number of hydrogen-bond donors (Lipinski definition) is 2. The summed E-state index contributed by atoms with van der Waals surface area (Å²) in [5, 5.41) is 6.46. The van der Waals surface area contributed by atoms with Gasteiger partial charge in [-0.05, 0) is 93.4 Å². The molecule has 0 aliphatic carbocycles. The van der Waals surface area contributed by atoms with Gasteiger partial charge in [-0.3, -0.25) is 0 Å². The molecule has 0 bridgehead atoms. The molecule has 2 saturated heterocycles. The van der Waals surface area contributed by atoms with Crippen molar-refractivity contribution in [1.82, 2.24) is 10.6 Å². The number of hydrogen-bond acceptors (Lipinski definition) is 9. The van der Waals surface area contributed by atoms with E-state index in [4.69, 9.17) is 18.9 Å². The van der Waals surface area contributed by atoms with Crippen LogP contribution in [0, 0.1) is 11.8 Å². The molecule has 9 heteroatoms. The second-order valence-electron chi connectivity index (χ2n) is 10.6. The first-order chi connectivity index (χ1) is 14.9. The molecule has 0 saturated carbocycles. The highest BCUT2D eigenvalue weighted by molar-refractivity contribution is 5.80. The maximum absolute atomic E-state index is 12.8. The molecule has 184 valence electrons. The molecule has 0 aromatic heterocycles. The summed E-state index contributed by atoms with van der Waals surface area (Å²) in [6, 6.07) is 0. The summed E-state index contributed by atoms with van der Waals surface area (Å²) in [5.74, 6) is -1.57. The summed E-state index contributed by atoms with van der Waals surface area (Å²) in [4.78, 5) is 38.5. The van der Waals surface area contributed by atoms with Crippen molar-refractivity contribution in [2.75, 3.05) is 26.2 Å². The van der Waals surface area contributed by atoms with E-state index in [-0.39, 0.29) is 11.8 Å². The molecule has 32 heavy (non-hydrogen) atoms. The number of nitrogens with one attached hydrogen (secondary N) is 2.